The minimum absolute atomic E-state index is 0.765. The molecule has 1 N–H and O–H groups in total. The molecule has 0 saturated heterocycles. The maximum atomic E-state index is 3.88. The molecule has 0 aromatic heterocycles. The summed E-state index contributed by atoms with van der Waals surface area (Å²) in [6.07, 6.45) is 8.64. The molecule has 2 aliphatic carbocycles. The Kier molecular flexibility index (Phi) is 3.71. The van der Waals surface area contributed by atoms with Crippen LogP contribution < -0.4 is 5.32 Å². The molecule has 2 aliphatic rings. The molecule has 0 aliphatic heterocycles. The summed E-state index contributed by atoms with van der Waals surface area (Å²) in [4.78, 5) is 0. The first kappa shape index (κ1) is 11.4. The normalized spacial score (nSPS) is 39.8. The topological polar surface area (TPSA) is 12.0 Å². The summed E-state index contributed by atoms with van der Waals surface area (Å²) in [5.74, 6) is 2.84. The van der Waals surface area contributed by atoms with Gasteiger partial charge in [-0.05, 0) is 56.8 Å². The highest BCUT2D eigenvalue weighted by Crippen LogP contribution is 2.32. The summed E-state index contributed by atoms with van der Waals surface area (Å²) >= 11 is 0. The van der Waals surface area contributed by atoms with Crippen molar-refractivity contribution in [1.82, 2.24) is 5.32 Å². The summed E-state index contributed by atoms with van der Waals surface area (Å²) in [7, 11) is 0. The van der Waals surface area contributed by atoms with E-state index < -0.39 is 0 Å². The molecule has 0 heterocycles. The molecule has 0 amide bonds. The molecule has 1 nitrogen and oxygen atoms in total. The first-order valence-electron chi connectivity index (χ1n) is 6.91. The monoisotopic (exact) mass is 209 g/mol. The van der Waals surface area contributed by atoms with Gasteiger partial charge in [0.05, 0.1) is 0 Å². The summed E-state index contributed by atoms with van der Waals surface area (Å²) < 4.78 is 0. The van der Waals surface area contributed by atoms with Crippen molar-refractivity contribution in [2.24, 2.45) is 17.8 Å². The number of rotatable bonds is 3. The molecule has 2 rings (SSSR count). The van der Waals surface area contributed by atoms with Crippen LogP contribution in [-0.4, -0.2) is 12.1 Å². The van der Waals surface area contributed by atoms with E-state index in [-0.39, 0.29) is 0 Å². The molecule has 1 heteroatoms. The van der Waals surface area contributed by atoms with Crippen molar-refractivity contribution in [1.29, 1.82) is 0 Å². The second-order valence-electron chi connectivity index (χ2n) is 6.26. The molecule has 0 spiro atoms. The van der Waals surface area contributed by atoms with E-state index in [1.807, 2.05) is 0 Å². The average molecular weight is 209 g/mol. The van der Waals surface area contributed by atoms with E-state index in [1.54, 1.807) is 0 Å². The van der Waals surface area contributed by atoms with E-state index in [0.29, 0.717) is 0 Å². The molecule has 15 heavy (non-hydrogen) atoms. The van der Waals surface area contributed by atoms with Gasteiger partial charge in [-0.15, -0.1) is 0 Å². The number of nitrogens with one attached hydrogen (secondary N) is 1. The zero-order valence-corrected chi connectivity index (χ0v) is 10.6. The van der Waals surface area contributed by atoms with Gasteiger partial charge in [0.1, 0.15) is 0 Å². The molecule has 0 radical (unpaired) electrons. The fourth-order valence-electron chi connectivity index (χ4n) is 3.53. The molecular weight excluding hydrogens is 182 g/mol. The van der Waals surface area contributed by atoms with Gasteiger partial charge in [0.15, 0.2) is 0 Å². The molecule has 0 aromatic rings. The van der Waals surface area contributed by atoms with Crippen LogP contribution in [0.4, 0.5) is 0 Å². The molecule has 0 bridgehead atoms. The fraction of sp³-hybridized carbons (Fsp3) is 1.00. The largest absolute Gasteiger partial charge is 0.311 e. The van der Waals surface area contributed by atoms with Gasteiger partial charge in [-0.2, -0.15) is 0 Å². The van der Waals surface area contributed by atoms with Crippen LogP contribution in [0.1, 0.15) is 59.3 Å². The van der Waals surface area contributed by atoms with Crippen LogP contribution in [0.5, 0.6) is 0 Å². The lowest BCUT2D eigenvalue weighted by Gasteiger charge is -2.38. The Morgan fingerprint density at radius 3 is 2.07 bits per heavy atom. The van der Waals surface area contributed by atoms with Crippen molar-refractivity contribution in [3.63, 3.8) is 0 Å². The lowest BCUT2D eigenvalue weighted by Crippen LogP contribution is -2.45. The molecule has 0 aromatic carbocycles. The van der Waals surface area contributed by atoms with Gasteiger partial charge in [-0.25, -0.2) is 0 Å². The minimum Gasteiger partial charge on any atom is -0.311 e. The number of hydrogen-bond donors (Lipinski definition) is 1. The van der Waals surface area contributed by atoms with Crippen molar-refractivity contribution in [3.8, 4) is 0 Å². The third-order valence-electron chi connectivity index (χ3n) is 4.53. The highest BCUT2D eigenvalue weighted by Gasteiger charge is 2.29. The van der Waals surface area contributed by atoms with Crippen molar-refractivity contribution < 1.29 is 0 Å². The van der Waals surface area contributed by atoms with E-state index in [1.165, 1.54) is 38.5 Å². The van der Waals surface area contributed by atoms with E-state index >= 15 is 0 Å². The van der Waals surface area contributed by atoms with Crippen LogP contribution in [-0.2, 0) is 0 Å². The predicted octanol–water partition coefficient (Wildman–Crippen LogP) is 3.59. The Morgan fingerprint density at radius 1 is 1.00 bits per heavy atom. The standard InChI is InChI=1S/C14H27N/c1-10-7-11(2)9-14(8-10)15-12(3)13-5-4-6-13/h10-15H,4-9H2,1-3H3. The highest BCUT2D eigenvalue weighted by molar-refractivity contribution is 4.86. The highest BCUT2D eigenvalue weighted by atomic mass is 15.0. The summed E-state index contributed by atoms with van der Waals surface area (Å²) in [5, 5.41) is 3.88. The number of hydrogen-bond acceptors (Lipinski definition) is 1. The van der Waals surface area contributed by atoms with E-state index in [4.69, 9.17) is 0 Å². The second kappa shape index (κ2) is 4.86. The lowest BCUT2D eigenvalue weighted by atomic mass is 9.77. The third-order valence-corrected chi connectivity index (χ3v) is 4.53. The Morgan fingerprint density at radius 2 is 1.60 bits per heavy atom. The van der Waals surface area contributed by atoms with Gasteiger partial charge in [-0.1, -0.05) is 20.3 Å². The second-order valence-corrected chi connectivity index (χ2v) is 6.26. The quantitative estimate of drug-likeness (QED) is 0.749. The Hall–Kier alpha value is -0.0400. The first-order valence-corrected chi connectivity index (χ1v) is 6.91. The molecular formula is C14H27N. The van der Waals surface area contributed by atoms with Crippen LogP contribution >= 0.6 is 0 Å². The van der Waals surface area contributed by atoms with Crippen LogP contribution in [0.25, 0.3) is 0 Å². The van der Waals surface area contributed by atoms with E-state index in [9.17, 15) is 0 Å². The van der Waals surface area contributed by atoms with Crippen molar-refractivity contribution in [3.05, 3.63) is 0 Å². The van der Waals surface area contributed by atoms with Crippen LogP contribution in [0.3, 0.4) is 0 Å². The minimum atomic E-state index is 0.765. The van der Waals surface area contributed by atoms with Crippen LogP contribution in [0.2, 0.25) is 0 Å². The lowest BCUT2D eigenvalue weighted by molar-refractivity contribution is 0.179. The van der Waals surface area contributed by atoms with Crippen molar-refractivity contribution in [2.75, 3.05) is 0 Å². The summed E-state index contributed by atoms with van der Waals surface area (Å²) in [5.41, 5.74) is 0. The average Bonchev–Trinajstić information content (AvgIpc) is 1.96. The Balaban J connectivity index is 1.77. The van der Waals surface area contributed by atoms with Gasteiger partial charge in [0.2, 0.25) is 0 Å². The SMILES string of the molecule is CC1CC(C)CC(NC(C)C2CCC2)C1. The third kappa shape index (κ3) is 2.96. The molecule has 3 atom stereocenters. The van der Waals surface area contributed by atoms with Crippen molar-refractivity contribution in [2.45, 2.75) is 71.4 Å². The zero-order chi connectivity index (χ0) is 10.8. The van der Waals surface area contributed by atoms with Gasteiger partial charge >= 0.3 is 0 Å². The Bertz CT molecular complexity index is 188. The first-order chi connectivity index (χ1) is 7.15. The van der Waals surface area contributed by atoms with Gasteiger partial charge in [0, 0.05) is 12.1 Å². The van der Waals surface area contributed by atoms with E-state index in [2.05, 4.69) is 26.1 Å². The van der Waals surface area contributed by atoms with Crippen LogP contribution in [0.15, 0.2) is 0 Å². The van der Waals surface area contributed by atoms with Gasteiger partial charge in [-0.3, -0.25) is 0 Å². The molecule has 2 saturated carbocycles. The fourth-order valence-corrected chi connectivity index (χ4v) is 3.53. The predicted molar refractivity (Wildman–Crippen MR) is 65.9 cm³/mol. The maximum Gasteiger partial charge on any atom is 0.00747 e. The zero-order valence-electron chi connectivity index (χ0n) is 10.6. The summed E-state index contributed by atoms with van der Waals surface area (Å²) in [6.45, 7) is 7.23. The maximum absolute atomic E-state index is 3.88. The van der Waals surface area contributed by atoms with E-state index in [0.717, 1.165) is 29.8 Å². The smallest absolute Gasteiger partial charge is 0.00747 e. The van der Waals surface area contributed by atoms with Gasteiger partial charge in [0.25, 0.3) is 0 Å². The van der Waals surface area contributed by atoms with Crippen LogP contribution in [0, 0.1) is 17.8 Å². The Labute approximate surface area is 95.0 Å². The molecule has 2 fully saturated rings. The van der Waals surface area contributed by atoms with Gasteiger partial charge < -0.3 is 5.32 Å². The molecule has 88 valence electrons. The molecule has 3 unspecified atom stereocenters. The van der Waals surface area contributed by atoms with Crippen molar-refractivity contribution >= 4 is 0 Å². The summed E-state index contributed by atoms with van der Waals surface area (Å²) in [6, 6.07) is 1.57.